The van der Waals surface area contributed by atoms with Crippen LogP contribution in [0.1, 0.15) is 11.1 Å². The first-order valence-corrected chi connectivity index (χ1v) is 5.07. The van der Waals surface area contributed by atoms with Gasteiger partial charge in [0.25, 0.3) is 0 Å². The first kappa shape index (κ1) is 9.39. The van der Waals surface area contributed by atoms with Gasteiger partial charge in [0.15, 0.2) is 0 Å². The lowest BCUT2D eigenvalue weighted by Crippen LogP contribution is -1.85. The maximum absolute atomic E-state index is 8.85. The van der Waals surface area contributed by atoms with Crippen LogP contribution >= 0.6 is 11.3 Å². The van der Waals surface area contributed by atoms with Crippen LogP contribution in [0.5, 0.6) is 0 Å². The number of nitrogens with zero attached hydrogens (tertiary/aromatic N) is 3. The first-order chi connectivity index (χ1) is 7.35. The molecule has 0 saturated carbocycles. The highest BCUT2D eigenvalue weighted by molar-refractivity contribution is 7.13. The van der Waals surface area contributed by atoms with Crippen LogP contribution in [0.15, 0.2) is 29.8 Å². The van der Waals surface area contributed by atoms with Crippen molar-refractivity contribution in [3.05, 3.63) is 40.9 Å². The number of hydrogen-bond acceptors (Lipinski definition) is 4. The molecule has 0 aliphatic carbocycles. The highest BCUT2D eigenvalue weighted by atomic mass is 32.1. The van der Waals surface area contributed by atoms with E-state index in [1.165, 1.54) is 11.3 Å². The fraction of sp³-hybridized carbons (Fsp3) is 0. The lowest BCUT2D eigenvalue weighted by molar-refractivity contribution is 1.39. The summed E-state index contributed by atoms with van der Waals surface area (Å²) in [6, 6.07) is 9.13. The molecule has 0 atom stereocenters. The van der Waals surface area contributed by atoms with Gasteiger partial charge in [-0.25, -0.2) is 4.98 Å². The minimum Gasteiger partial charge on any atom is -0.245 e. The minimum absolute atomic E-state index is 0.394. The van der Waals surface area contributed by atoms with Crippen molar-refractivity contribution >= 4 is 11.3 Å². The Morgan fingerprint density at radius 2 is 1.93 bits per heavy atom. The summed E-state index contributed by atoms with van der Waals surface area (Å²) in [4.78, 5) is 4.14. The third-order valence-corrected chi connectivity index (χ3v) is 2.76. The molecule has 2 aromatic rings. The maximum Gasteiger partial charge on any atom is 0.123 e. The van der Waals surface area contributed by atoms with Gasteiger partial charge >= 0.3 is 0 Å². The molecule has 70 valence electrons. The number of rotatable bonds is 1. The fourth-order valence-corrected chi connectivity index (χ4v) is 1.87. The maximum atomic E-state index is 8.85. The molecular formula is C11H5N3S. The van der Waals surface area contributed by atoms with Gasteiger partial charge < -0.3 is 0 Å². The number of hydrogen-bond donors (Lipinski definition) is 0. The molecule has 0 bridgehead atoms. The van der Waals surface area contributed by atoms with Gasteiger partial charge in [-0.1, -0.05) is 6.07 Å². The van der Waals surface area contributed by atoms with E-state index < -0.39 is 0 Å². The second-order valence-electron chi connectivity index (χ2n) is 2.82. The van der Waals surface area contributed by atoms with Gasteiger partial charge in [0.05, 0.1) is 11.1 Å². The highest BCUT2D eigenvalue weighted by Crippen LogP contribution is 2.23. The summed E-state index contributed by atoms with van der Waals surface area (Å²) >= 11 is 1.51. The van der Waals surface area contributed by atoms with Gasteiger partial charge in [0.1, 0.15) is 17.1 Å². The number of aromatic nitrogens is 1. The average Bonchev–Trinajstić information content (AvgIpc) is 2.81. The summed E-state index contributed by atoms with van der Waals surface area (Å²) in [5, 5.41) is 20.3. The fourth-order valence-electron chi connectivity index (χ4n) is 1.23. The predicted octanol–water partition coefficient (Wildman–Crippen LogP) is 2.55. The minimum atomic E-state index is 0.394. The van der Waals surface area contributed by atoms with E-state index in [0.29, 0.717) is 11.1 Å². The normalized spacial score (nSPS) is 9.20. The molecule has 1 aromatic heterocycles. The molecule has 0 fully saturated rings. The number of nitriles is 2. The van der Waals surface area contributed by atoms with Crippen molar-refractivity contribution in [3.63, 3.8) is 0 Å². The van der Waals surface area contributed by atoms with E-state index >= 15 is 0 Å². The third-order valence-electron chi connectivity index (χ3n) is 1.94. The molecule has 2 rings (SSSR count). The van der Waals surface area contributed by atoms with Crippen molar-refractivity contribution in [1.29, 1.82) is 10.5 Å². The summed E-state index contributed by atoms with van der Waals surface area (Å²) in [6.07, 6.45) is 1.71. The Morgan fingerprint density at radius 3 is 2.53 bits per heavy atom. The molecule has 0 N–H and O–H groups in total. The van der Waals surface area contributed by atoms with Crippen LogP contribution in [-0.4, -0.2) is 4.98 Å². The van der Waals surface area contributed by atoms with Crippen LogP contribution in [0.25, 0.3) is 10.6 Å². The van der Waals surface area contributed by atoms with E-state index in [4.69, 9.17) is 10.5 Å². The molecule has 0 aliphatic rings. The number of benzene rings is 1. The van der Waals surface area contributed by atoms with E-state index in [2.05, 4.69) is 4.98 Å². The second kappa shape index (κ2) is 3.91. The molecule has 3 nitrogen and oxygen atoms in total. The van der Waals surface area contributed by atoms with Gasteiger partial charge in [0, 0.05) is 17.1 Å². The van der Waals surface area contributed by atoms with Crippen LogP contribution in [0.3, 0.4) is 0 Å². The molecule has 0 radical (unpaired) electrons. The quantitative estimate of drug-likeness (QED) is 0.728. The van der Waals surface area contributed by atoms with Gasteiger partial charge in [-0.3, -0.25) is 0 Å². The van der Waals surface area contributed by atoms with Crippen molar-refractivity contribution in [3.8, 4) is 22.7 Å². The zero-order chi connectivity index (χ0) is 10.7. The van der Waals surface area contributed by atoms with Crippen LogP contribution < -0.4 is 0 Å². The smallest absolute Gasteiger partial charge is 0.123 e. The van der Waals surface area contributed by atoms with Crippen molar-refractivity contribution in [2.24, 2.45) is 0 Å². The summed E-state index contributed by atoms with van der Waals surface area (Å²) in [5.74, 6) is 0. The number of thiazole rings is 1. The van der Waals surface area contributed by atoms with Crippen molar-refractivity contribution < 1.29 is 0 Å². The SMILES string of the molecule is N#Cc1ccc(-c2nccs2)cc1C#N. The standard InChI is InChI=1S/C11H5N3S/c12-6-9-2-1-8(5-10(9)7-13)11-14-3-4-15-11/h1-5H. The van der Waals surface area contributed by atoms with E-state index in [1.54, 1.807) is 24.4 Å². The zero-order valence-corrected chi connectivity index (χ0v) is 8.45. The van der Waals surface area contributed by atoms with Gasteiger partial charge in [-0.2, -0.15) is 10.5 Å². The van der Waals surface area contributed by atoms with E-state index in [0.717, 1.165) is 10.6 Å². The van der Waals surface area contributed by atoms with Gasteiger partial charge in [-0.05, 0) is 12.1 Å². The zero-order valence-electron chi connectivity index (χ0n) is 7.64. The lowest BCUT2D eigenvalue weighted by atomic mass is 10.1. The van der Waals surface area contributed by atoms with Gasteiger partial charge in [-0.15, -0.1) is 11.3 Å². The van der Waals surface area contributed by atoms with Crippen molar-refractivity contribution in [2.75, 3.05) is 0 Å². The first-order valence-electron chi connectivity index (χ1n) is 4.19. The van der Waals surface area contributed by atoms with Crippen molar-refractivity contribution in [2.45, 2.75) is 0 Å². The molecule has 15 heavy (non-hydrogen) atoms. The van der Waals surface area contributed by atoms with Crippen LogP contribution in [0.4, 0.5) is 0 Å². The molecule has 0 saturated heterocycles. The topological polar surface area (TPSA) is 60.5 Å². The molecule has 1 aromatic carbocycles. The Hall–Kier alpha value is -2.17. The summed E-state index contributed by atoms with van der Waals surface area (Å²) in [7, 11) is 0. The third kappa shape index (κ3) is 1.71. The monoisotopic (exact) mass is 211 g/mol. The van der Waals surface area contributed by atoms with Gasteiger partial charge in [0.2, 0.25) is 0 Å². The Kier molecular flexibility index (Phi) is 2.45. The average molecular weight is 211 g/mol. The Labute approximate surface area is 90.9 Å². The van der Waals surface area contributed by atoms with E-state index in [1.807, 2.05) is 17.5 Å². The Balaban J connectivity index is 2.56. The highest BCUT2D eigenvalue weighted by Gasteiger charge is 2.05. The van der Waals surface area contributed by atoms with Crippen LogP contribution in [0, 0.1) is 22.7 Å². The van der Waals surface area contributed by atoms with E-state index in [9.17, 15) is 0 Å². The molecule has 0 aliphatic heterocycles. The molecule has 1 heterocycles. The largest absolute Gasteiger partial charge is 0.245 e. The Bertz CT molecular complexity index is 559. The second-order valence-corrected chi connectivity index (χ2v) is 3.72. The van der Waals surface area contributed by atoms with Crippen LogP contribution in [-0.2, 0) is 0 Å². The van der Waals surface area contributed by atoms with Crippen molar-refractivity contribution in [1.82, 2.24) is 4.98 Å². The summed E-state index contributed by atoms with van der Waals surface area (Å²) < 4.78 is 0. The molecule has 0 unspecified atom stereocenters. The van der Waals surface area contributed by atoms with Crippen LogP contribution in [0.2, 0.25) is 0 Å². The molecular weight excluding hydrogens is 206 g/mol. The lowest BCUT2D eigenvalue weighted by Gasteiger charge is -1.98. The molecule has 0 spiro atoms. The Morgan fingerprint density at radius 1 is 1.13 bits per heavy atom. The molecule has 0 amide bonds. The predicted molar refractivity (Wildman–Crippen MR) is 57.0 cm³/mol. The molecule has 4 heteroatoms. The summed E-state index contributed by atoms with van der Waals surface area (Å²) in [6.45, 7) is 0. The summed E-state index contributed by atoms with van der Waals surface area (Å²) in [5.41, 5.74) is 1.67. The van der Waals surface area contributed by atoms with E-state index in [-0.39, 0.29) is 0 Å².